The van der Waals surface area contributed by atoms with Crippen LogP contribution in [0.15, 0.2) is 0 Å². The predicted octanol–water partition coefficient (Wildman–Crippen LogP) is -1.01. The van der Waals surface area contributed by atoms with Gasteiger partial charge in [-0.05, 0) is 0 Å². The Labute approximate surface area is 67.6 Å². The van der Waals surface area contributed by atoms with Crippen molar-refractivity contribution in [2.24, 2.45) is 0 Å². The van der Waals surface area contributed by atoms with Crippen molar-refractivity contribution < 1.29 is 14.6 Å². The van der Waals surface area contributed by atoms with E-state index in [1.807, 2.05) is 0 Å². The van der Waals surface area contributed by atoms with Gasteiger partial charge in [0.15, 0.2) is 5.82 Å². The third-order valence-electron chi connectivity index (χ3n) is 1.01. The molecule has 0 aromatic carbocycles. The lowest BCUT2D eigenvalue weighted by molar-refractivity contribution is -0.142. The van der Waals surface area contributed by atoms with Crippen molar-refractivity contribution in [3.8, 4) is 0 Å². The van der Waals surface area contributed by atoms with E-state index in [1.165, 1.54) is 0 Å². The number of hydrogen-bond donors (Lipinski definition) is 3. The third-order valence-corrected chi connectivity index (χ3v) is 1.01. The van der Waals surface area contributed by atoms with Crippen LogP contribution in [0.2, 0.25) is 0 Å². The number of nitrogen functional groups attached to an aromatic ring is 1. The molecular weight excluding hydrogens is 164 g/mol. The molecule has 66 valence electrons. The highest BCUT2D eigenvalue weighted by atomic mass is 16.5. The van der Waals surface area contributed by atoms with Gasteiger partial charge in [-0.1, -0.05) is 0 Å². The molecular formula is C5H8N4O3. The van der Waals surface area contributed by atoms with Gasteiger partial charge in [-0.3, -0.25) is 5.10 Å². The largest absolute Gasteiger partial charge is 0.480 e. The summed E-state index contributed by atoms with van der Waals surface area (Å²) in [5, 5.41) is 14.2. The first-order valence-electron chi connectivity index (χ1n) is 3.15. The molecule has 0 radical (unpaired) electrons. The highest BCUT2D eigenvalue weighted by Gasteiger charge is 2.01. The fourth-order valence-corrected chi connectivity index (χ4v) is 0.610. The molecule has 0 atom stereocenters. The molecule has 1 aromatic rings. The Hall–Kier alpha value is -1.63. The average Bonchev–Trinajstić information content (AvgIpc) is 2.35. The van der Waals surface area contributed by atoms with Gasteiger partial charge in [0, 0.05) is 0 Å². The smallest absolute Gasteiger partial charge is 0.329 e. The molecule has 1 rings (SSSR count). The number of aromatic amines is 1. The van der Waals surface area contributed by atoms with E-state index in [9.17, 15) is 4.79 Å². The lowest BCUT2D eigenvalue weighted by Crippen LogP contribution is -2.07. The molecule has 0 aliphatic carbocycles. The number of hydrogen-bond acceptors (Lipinski definition) is 5. The predicted molar refractivity (Wildman–Crippen MR) is 38.1 cm³/mol. The molecule has 0 aliphatic rings. The zero-order chi connectivity index (χ0) is 8.97. The minimum Gasteiger partial charge on any atom is -0.480 e. The van der Waals surface area contributed by atoms with Gasteiger partial charge in [0.1, 0.15) is 13.2 Å². The molecule has 0 fully saturated rings. The van der Waals surface area contributed by atoms with Gasteiger partial charge >= 0.3 is 5.97 Å². The van der Waals surface area contributed by atoms with Crippen molar-refractivity contribution in [2.45, 2.75) is 6.61 Å². The quantitative estimate of drug-likeness (QED) is 0.536. The van der Waals surface area contributed by atoms with E-state index >= 15 is 0 Å². The van der Waals surface area contributed by atoms with Crippen molar-refractivity contribution in [1.82, 2.24) is 15.2 Å². The van der Waals surface area contributed by atoms with Crippen LogP contribution in [-0.4, -0.2) is 32.9 Å². The van der Waals surface area contributed by atoms with Gasteiger partial charge in [0.25, 0.3) is 0 Å². The third kappa shape index (κ3) is 2.54. The summed E-state index contributed by atoms with van der Waals surface area (Å²) in [5.41, 5.74) is 5.18. The normalized spacial score (nSPS) is 10.0. The summed E-state index contributed by atoms with van der Waals surface area (Å²) in [6.45, 7) is -0.295. The summed E-state index contributed by atoms with van der Waals surface area (Å²) in [4.78, 5) is 13.7. The van der Waals surface area contributed by atoms with Crippen molar-refractivity contribution >= 4 is 11.9 Å². The van der Waals surface area contributed by atoms with Gasteiger partial charge in [-0.25, -0.2) is 4.79 Å². The van der Waals surface area contributed by atoms with Crippen molar-refractivity contribution in [3.63, 3.8) is 0 Å². The molecule has 4 N–H and O–H groups in total. The summed E-state index contributed by atoms with van der Waals surface area (Å²) >= 11 is 0. The molecule has 0 saturated carbocycles. The molecule has 0 bridgehead atoms. The number of nitrogens with one attached hydrogen (secondary N) is 1. The summed E-state index contributed by atoms with van der Waals surface area (Å²) in [5.74, 6) is -0.500. The number of carbonyl (C=O) groups is 1. The summed E-state index contributed by atoms with van der Waals surface area (Å²) in [6.07, 6.45) is 0. The first kappa shape index (κ1) is 8.47. The molecule has 7 nitrogen and oxygen atoms in total. The van der Waals surface area contributed by atoms with E-state index in [2.05, 4.69) is 15.2 Å². The maximum Gasteiger partial charge on any atom is 0.329 e. The number of aliphatic carboxylic acids is 1. The number of H-pyrrole nitrogens is 1. The van der Waals surface area contributed by atoms with Crippen LogP contribution in [0.4, 0.5) is 5.95 Å². The summed E-state index contributed by atoms with van der Waals surface area (Å²) in [6, 6.07) is 0. The second kappa shape index (κ2) is 3.67. The molecule has 12 heavy (non-hydrogen) atoms. The van der Waals surface area contributed by atoms with Gasteiger partial charge in [0.2, 0.25) is 5.95 Å². The van der Waals surface area contributed by atoms with Crippen LogP contribution >= 0.6 is 0 Å². The number of anilines is 1. The van der Waals surface area contributed by atoms with E-state index in [0.717, 1.165) is 0 Å². The average molecular weight is 172 g/mol. The Morgan fingerprint density at radius 2 is 2.50 bits per heavy atom. The zero-order valence-corrected chi connectivity index (χ0v) is 6.15. The maximum atomic E-state index is 10.00. The van der Waals surface area contributed by atoms with Crippen molar-refractivity contribution in [3.05, 3.63) is 5.82 Å². The maximum absolute atomic E-state index is 10.00. The van der Waals surface area contributed by atoms with Gasteiger partial charge in [0.05, 0.1) is 0 Å². The molecule has 1 heterocycles. The molecule has 0 spiro atoms. The van der Waals surface area contributed by atoms with Crippen molar-refractivity contribution in [2.75, 3.05) is 12.3 Å². The lowest BCUT2D eigenvalue weighted by atomic mass is 10.6. The van der Waals surface area contributed by atoms with Gasteiger partial charge in [-0.15, -0.1) is 5.10 Å². The standard InChI is InChI=1S/C5H8N4O3/c6-5-7-3(8-9-5)1-12-2-4(10)11/h1-2H2,(H,10,11)(H3,6,7,8,9). The zero-order valence-electron chi connectivity index (χ0n) is 6.15. The van der Waals surface area contributed by atoms with Crippen molar-refractivity contribution in [1.29, 1.82) is 0 Å². The highest BCUT2D eigenvalue weighted by Crippen LogP contribution is 1.94. The van der Waals surface area contributed by atoms with E-state index in [1.54, 1.807) is 0 Å². The Morgan fingerprint density at radius 3 is 3.00 bits per heavy atom. The van der Waals surface area contributed by atoms with E-state index < -0.39 is 5.97 Å². The van der Waals surface area contributed by atoms with Gasteiger partial charge in [-0.2, -0.15) is 4.98 Å². The summed E-state index contributed by atoms with van der Waals surface area (Å²) in [7, 11) is 0. The molecule has 1 aromatic heterocycles. The number of nitrogens with two attached hydrogens (primary N) is 1. The van der Waals surface area contributed by atoms with E-state index in [4.69, 9.17) is 15.6 Å². The number of carboxylic acids is 1. The van der Waals surface area contributed by atoms with E-state index in [-0.39, 0.29) is 19.2 Å². The fourth-order valence-electron chi connectivity index (χ4n) is 0.610. The number of aromatic nitrogens is 3. The lowest BCUT2D eigenvalue weighted by Gasteiger charge is -1.95. The Balaban J connectivity index is 2.29. The Bertz CT molecular complexity index is 271. The Morgan fingerprint density at radius 1 is 1.75 bits per heavy atom. The fraction of sp³-hybridized carbons (Fsp3) is 0.400. The van der Waals surface area contributed by atoms with Crippen LogP contribution < -0.4 is 5.73 Å². The van der Waals surface area contributed by atoms with Crippen LogP contribution in [0.1, 0.15) is 5.82 Å². The van der Waals surface area contributed by atoms with Gasteiger partial charge < -0.3 is 15.6 Å². The second-order valence-electron chi connectivity index (χ2n) is 2.03. The second-order valence-corrected chi connectivity index (χ2v) is 2.03. The van der Waals surface area contributed by atoms with Crippen LogP contribution in [0.25, 0.3) is 0 Å². The number of rotatable bonds is 4. The first-order valence-corrected chi connectivity index (χ1v) is 3.15. The Kier molecular flexibility index (Phi) is 2.59. The van der Waals surface area contributed by atoms with Crippen LogP contribution in [0.5, 0.6) is 0 Å². The molecule has 0 aliphatic heterocycles. The topological polar surface area (TPSA) is 114 Å². The molecule has 7 heteroatoms. The minimum atomic E-state index is -1.03. The van der Waals surface area contributed by atoms with Crippen LogP contribution in [0.3, 0.4) is 0 Å². The molecule has 0 unspecified atom stereocenters. The van der Waals surface area contributed by atoms with Crippen LogP contribution in [0, 0.1) is 0 Å². The minimum absolute atomic E-state index is 0.0660. The summed E-state index contributed by atoms with van der Waals surface area (Å²) < 4.78 is 4.71. The van der Waals surface area contributed by atoms with E-state index in [0.29, 0.717) is 5.82 Å². The van der Waals surface area contributed by atoms with Crippen LogP contribution in [-0.2, 0) is 16.1 Å². The molecule has 0 amide bonds. The number of nitrogens with zero attached hydrogens (tertiary/aromatic N) is 2. The first-order chi connectivity index (χ1) is 5.68. The highest BCUT2D eigenvalue weighted by molar-refractivity contribution is 5.67. The SMILES string of the molecule is Nc1n[nH]c(COCC(=O)O)n1. The number of carboxylic acid groups (broad SMARTS) is 1. The number of ether oxygens (including phenoxy) is 1. The molecule has 0 saturated heterocycles. The monoisotopic (exact) mass is 172 g/mol.